The van der Waals surface area contributed by atoms with E-state index in [9.17, 15) is 19.5 Å². The highest BCUT2D eigenvalue weighted by Crippen LogP contribution is 2.69. The van der Waals surface area contributed by atoms with E-state index in [2.05, 4.69) is 47.8 Å². The summed E-state index contributed by atoms with van der Waals surface area (Å²) in [5, 5.41) is 10.6. The lowest BCUT2D eigenvalue weighted by Gasteiger charge is -2.43. The molecular formula is C36H53N3O5S. The third-order valence-electron chi connectivity index (χ3n) is 9.93. The first-order chi connectivity index (χ1) is 21.5. The second-order valence-electron chi connectivity index (χ2n) is 13.3. The molecular weight excluding hydrogens is 586 g/mol. The van der Waals surface area contributed by atoms with E-state index < -0.39 is 28.7 Å². The maximum Gasteiger partial charge on any atom is 0.247 e. The summed E-state index contributed by atoms with van der Waals surface area (Å²) >= 11 is 1.67. The largest absolute Gasteiger partial charge is 0.494 e. The molecule has 1 aromatic carbocycles. The predicted octanol–water partition coefficient (Wildman–Crippen LogP) is 5.55. The van der Waals surface area contributed by atoms with E-state index in [-0.39, 0.29) is 47.5 Å². The molecule has 1 aromatic rings. The summed E-state index contributed by atoms with van der Waals surface area (Å²) < 4.78 is 4.85. The summed E-state index contributed by atoms with van der Waals surface area (Å²) in [6.07, 6.45) is 6.51. The highest BCUT2D eigenvalue weighted by molar-refractivity contribution is 8.02. The number of carbonyl (C=O) groups excluding carboxylic acids is 3. The first kappa shape index (κ1) is 35.1. The van der Waals surface area contributed by atoms with Crippen LogP contribution < -0.4 is 9.64 Å². The lowest BCUT2D eigenvalue weighted by atomic mass is 9.65. The van der Waals surface area contributed by atoms with Crippen LogP contribution in [-0.2, 0) is 14.4 Å². The van der Waals surface area contributed by atoms with Crippen molar-refractivity contribution in [2.75, 3.05) is 31.2 Å². The highest BCUT2D eigenvalue weighted by atomic mass is 32.2. The summed E-state index contributed by atoms with van der Waals surface area (Å²) in [5.41, 5.74) is 0.715. The Kier molecular flexibility index (Phi) is 11.5. The van der Waals surface area contributed by atoms with Gasteiger partial charge in [-0.1, -0.05) is 46.3 Å². The van der Waals surface area contributed by atoms with E-state index in [0.29, 0.717) is 31.8 Å². The van der Waals surface area contributed by atoms with Crippen LogP contribution in [0.1, 0.15) is 67.2 Å². The second-order valence-corrected chi connectivity index (χ2v) is 14.9. The maximum atomic E-state index is 14.9. The van der Waals surface area contributed by atoms with Crippen molar-refractivity contribution in [2.45, 2.75) is 95.3 Å². The van der Waals surface area contributed by atoms with Gasteiger partial charge in [-0.25, -0.2) is 0 Å². The summed E-state index contributed by atoms with van der Waals surface area (Å²) in [6, 6.07) is 6.11. The normalized spacial score (nSPS) is 28.1. The van der Waals surface area contributed by atoms with Crippen LogP contribution in [0.4, 0.5) is 5.69 Å². The van der Waals surface area contributed by atoms with Gasteiger partial charge in [0.1, 0.15) is 11.8 Å². The van der Waals surface area contributed by atoms with Crippen LogP contribution in [0.5, 0.6) is 5.75 Å². The maximum absolute atomic E-state index is 14.9. The molecule has 8 nitrogen and oxygen atoms in total. The Morgan fingerprint density at radius 2 is 1.80 bits per heavy atom. The number of likely N-dealkylation sites (tertiary alicyclic amines) is 1. The van der Waals surface area contributed by atoms with Gasteiger partial charge in [0, 0.05) is 30.1 Å². The van der Waals surface area contributed by atoms with Crippen molar-refractivity contribution in [1.29, 1.82) is 0 Å². The number of benzene rings is 1. The Morgan fingerprint density at radius 1 is 1.13 bits per heavy atom. The van der Waals surface area contributed by atoms with E-state index in [1.165, 1.54) is 0 Å². The number of nitrogens with zero attached hydrogens (tertiary/aromatic N) is 3. The highest BCUT2D eigenvalue weighted by Gasteiger charge is 2.77. The van der Waals surface area contributed by atoms with Crippen molar-refractivity contribution in [3.63, 3.8) is 0 Å². The number of carbonyl (C=O) groups is 3. The SMILES string of the molecule is C=CCN(C(=O)[C@@H]1[C@@H]2CC(C)C3(S2)C(C(=O)N(CC=C)C(C)CCC)N([C@@H](CO)CC(C)C)C(=O)[C@H]13)c1ccc(OCC)cc1. The van der Waals surface area contributed by atoms with Crippen LogP contribution in [0.15, 0.2) is 49.6 Å². The van der Waals surface area contributed by atoms with Crippen molar-refractivity contribution >= 4 is 35.2 Å². The van der Waals surface area contributed by atoms with Gasteiger partial charge in [0.15, 0.2) is 0 Å². The average Bonchev–Trinajstić information content (AvgIpc) is 3.61. The van der Waals surface area contributed by atoms with Gasteiger partial charge in [0.05, 0.1) is 35.8 Å². The number of aliphatic hydroxyl groups is 1. The number of thioether (sulfide) groups is 1. The molecule has 8 atom stereocenters. The van der Waals surface area contributed by atoms with Gasteiger partial charge >= 0.3 is 0 Å². The molecule has 248 valence electrons. The summed E-state index contributed by atoms with van der Waals surface area (Å²) in [6.45, 7) is 21.2. The van der Waals surface area contributed by atoms with E-state index in [1.54, 1.807) is 33.7 Å². The quantitative estimate of drug-likeness (QED) is 0.239. The molecule has 3 aliphatic rings. The van der Waals surface area contributed by atoms with Gasteiger partial charge in [0.2, 0.25) is 17.7 Å². The predicted molar refractivity (Wildman–Crippen MR) is 182 cm³/mol. The molecule has 3 aliphatic heterocycles. The summed E-state index contributed by atoms with van der Waals surface area (Å²) in [5.74, 6) is -0.701. The average molecular weight is 640 g/mol. The Morgan fingerprint density at radius 3 is 2.36 bits per heavy atom. The molecule has 0 radical (unpaired) electrons. The third kappa shape index (κ3) is 6.31. The van der Waals surface area contributed by atoms with Crippen molar-refractivity contribution in [2.24, 2.45) is 23.7 Å². The van der Waals surface area contributed by atoms with Crippen molar-refractivity contribution in [3.05, 3.63) is 49.6 Å². The minimum Gasteiger partial charge on any atom is -0.494 e. The van der Waals surface area contributed by atoms with Gasteiger partial charge in [-0.15, -0.1) is 24.9 Å². The number of ether oxygens (including phenoxy) is 1. The Hall–Kier alpha value is -2.78. The first-order valence-corrected chi connectivity index (χ1v) is 17.6. The van der Waals surface area contributed by atoms with Crippen LogP contribution in [0.25, 0.3) is 0 Å². The standard InChI is InChI=1S/C36H53N3O5S/c1-9-13-25(8)37(18-10-2)35(43)32-36-24(7)21-29(45-36)30(31(36)34(42)39(32)27(22-40)20-23(5)6)33(41)38(19-11-3)26-14-16-28(17-15-26)44-12-4/h10-11,14-17,23-25,27,29-32,40H,2-3,9,12-13,18-22H2,1,4-8H3/t24?,25?,27-,29+,30-,31+,32?,36?/m1/s1. The summed E-state index contributed by atoms with van der Waals surface area (Å²) in [4.78, 5) is 49.7. The Labute approximate surface area is 274 Å². The second kappa shape index (κ2) is 14.8. The third-order valence-corrected chi connectivity index (χ3v) is 12.0. The van der Waals surface area contributed by atoms with Gasteiger partial charge in [-0.2, -0.15) is 0 Å². The number of fused-ring (bicyclic) bond motifs is 1. The van der Waals surface area contributed by atoms with E-state index in [1.807, 2.05) is 36.1 Å². The monoisotopic (exact) mass is 639 g/mol. The zero-order chi connectivity index (χ0) is 33.1. The molecule has 0 aromatic heterocycles. The first-order valence-electron chi connectivity index (χ1n) is 16.7. The number of hydrogen-bond acceptors (Lipinski definition) is 6. The zero-order valence-electron chi connectivity index (χ0n) is 28.0. The molecule has 4 rings (SSSR count). The van der Waals surface area contributed by atoms with Crippen LogP contribution >= 0.6 is 11.8 Å². The Bertz CT molecular complexity index is 1240. The Balaban J connectivity index is 1.82. The minimum atomic E-state index is -0.772. The molecule has 1 spiro atoms. The molecule has 2 bridgehead atoms. The molecule has 4 unspecified atom stereocenters. The number of aliphatic hydroxyl groups excluding tert-OH is 1. The molecule has 9 heteroatoms. The molecule has 45 heavy (non-hydrogen) atoms. The molecule has 3 fully saturated rings. The van der Waals surface area contributed by atoms with Crippen LogP contribution in [0.3, 0.4) is 0 Å². The van der Waals surface area contributed by atoms with E-state index >= 15 is 0 Å². The molecule has 0 aliphatic carbocycles. The topological polar surface area (TPSA) is 90.4 Å². The van der Waals surface area contributed by atoms with Gasteiger partial charge in [-0.05, 0) is 69.2 Å². The number of hydrogen-bond donors (Lipinski definition) is 1. The van der Waals surface area contributed by atoms with E-state index in [4.69, 9.17) is 4.74 Å². The van der Waals surface area contributed by atoms with Crippen molar-refractivity contribution < 1.29 is 24.2 Å². The zero-order valence-corrected chi connectivity index (χ0v) is 28.8. The molecule has 0 saturated carbocycles. The van der Waals surface area contributed by atoms with Gasteiger partial charge in [0.25, 0.3) is 0 Å². The lowest BCUT2D eigenvalue weighted by Crippen LogP contribution is -2.60. The van der Waals surface area contributed by atoms with E-state index in [0.717, 1.165) is 25.0 Å². The minimum absolute atomic E-state index is 0.0354. The van der Waals surface area contributed by atoms with Crippen molar-refractivity contribution in [3.8, 4) is 5.75 Å². The van der Waals surface area contributed by atoms with Gasteiger partial charge < -0.3 is 24.5 Å². The van der Waals surface area contributed by atoms with Crippen LogP contribution in [-0.4, -0.2) is 87.1 Å². The summed E-state index contributed by atoms with van der Waals surface area (Å²) in [7, 11) is 0. The van der Waals surface area contributed by atoms with Gasteiger partial charge in [-0.3, -0.25) is 14.4 Å². The van der Waals surface area contributed by atoms with Crippen molar-refractivity contribution in [1.82, 2.24) is 9.80 Å². The molecule has 3 heterocycles. The lowest BCUT2D eigenvalue weighted by molar-refractivity contribution is -0.147. The number of rotatable bonds is 16. The molecule has 3 amide bonds. The fraction of sp³-hybridized carbons (Fsp3) is 0.639. The van der Waals surface area contributed by atoms with Crippen LogP contribution in [0, 0.1) is 23.7 Å². The number of anilines is 1. The number of amides is 3. The molecule has 1 N–H and O–H groups in total. The van der Waals surface area contributed by atoms with Crippen LogP contribution in [0.2, 0.25) is 0 Å². The fourth-order valence-electron chi connectivity index (χ4n) is 8.11. The smallest absolute Gasteiger partial charge is 0.247 e. The molecule has 3 saturated heterocycles. The fourth-order valence-corrected chi connectivity index (χ4v) is 10.5.